The summed E-state index contributed by atoms with van der Waals surface area (Å²) in [5.74, 6) is 2.98. The quantitative estimate of drug-likeness (QED) is 0.160. The number of nitrogens with zero attached hydrogens (tertiary/aromatic N) is 2. The normalized spacial score (nSPS) is 16.6. The molecule has 1 aromatic heterocycles. The molecular formula is C35H43N3O5. The van der Waals surface area contributed by atoms with E-state index < -0.39 is 0 Å². The van der Waals surface area contributed by atoms with Crippen molar-refractivity contribution >= 4 is 0 Å². The van der Waals surface area contributed by atoms with E-state index >= 15 is 0 Å². The molecule has 1 aliphatic rings. The molecular weight excluding hydrogens is 542 g/mol. The number of rotatable bonds is 17. The Morgan fingerprint density at radius 3 is 2.49 bits per heavy atom. The standard InChI is InChI=1S/C35H43N3O5/c1-39-33-9-4-3-8-30(33)26-40-21-6-22-41-31-13-11-28(12-14-31)32-15-17-36-25-35(32)43-24-23-42-34-10-5-2-7-29(34)16-19-38-20-18-37-27-38/h2-5,7-14,18,20,27,32,35-36H,6,15-17,19,21-26H2,1H3. The largest absolute Gasteiger partial charge is 0.496 e. The lowest BCUT2D eigenvalue weighted by atomic mass is 9.88. The van der Waals surface area contributed by atoms with Crippen molar-refractivity contribution in [1.29, 1.82) is 0 Å². The average molecular weight is 586 g/mol. The van der Waals surface area contributed by atoms with E-state index in [9.17, 15) is 0 Å². The summed E-state index contributed by atoms with van der Waals surface area (Å²) in [7, 11) is 1.68. The first-order valence-electron chi connectivity index (χ1n) is 15.2. The maximum atomic E-state index is 6.36. The van der Waals surface area contributed by atoms with Crippen LogP contribution in [0, 0.1) is 0 Å². The van der Waals surface area contributed by atoms with Gasteiger partial charge < -0.3 is 33.6 Å². The van der Waals surface area contributed by atoms with Gasteiger partial charge in [-0.25, -0.2) is 4.98 Å². The van der Waals surface area contributed by atoms with Crippen molar-refractivity contribution in [2.24, 2.45) is 0 Å². The molecule has 1 aliphatic heterocycles. The minimum atomic E-state index is 0.0981. The summed E-state index contributed by atoms with van der Waals surface area (Å²) in [5, 5.41) is 3.49. The minimum Gasteiger partial charge on any atom is -0.496 e. The van der Waals surface area contributed by atoms with Crippen molar-refractivity contribution in [2.75, 3.05) is 46.6 Å². The second kappa shape index (κ2) is 16.7. The third-order valence-corrected chi connectivity index (χ3v) is 7.73. The second-order valence-electron chi connectivity index (χ2n) is 10.7. The van der Waals surface area contributed by atoms with Gasteiger partial charge >= 0.3 is 0 Å². The van der Waals surface area contributed by atoms with Gasteiger partial charge in [-0.2, -0.15) is 0 Å². The smallest absolute Gasteiger partial charge is 0.124 e. The van der Waals surface area contributed by atoms with E-state index in [1.807, 2.05) is 48.9 Å². The molecule has 8 heteroatoms. The first kappa shape index (κ1) is 30.6. The van der Waals surface area contributed by atoms with E-state index in [1.54, 1.807) is 13.3 Å². The van der Waals surface area contributed by atoms with Crippen LogP contribution in [-0.2, 0) is 29.0 Å². The molecule has 2 atom stereocenters. The number of aromatic nitrogens is 2. The molecule has 1 fully saturated rings. The molecule has 1 saturated heterocycles. The number of para-hydroxylation sites is 2. The monoisotopic (exact) mass is 585 g/mol. The zero-order chi connectivity index (χ0) is 29.5. The highest BCUT2D eigenvalue weighted by molar-refractivity contribution is 5.34. The number of hydrogen-bond donors (Lipinski definition) is 1. The van der Waals surface area contributed by atoms with Crippen molar-refractivity contribution in [2.45, 2.75) is 44.4 Å². The number of nitrogens with one attached hydrogen (secondary N) is 1. The van der Waals surface area contributed by atoms with Crippen molar-refractivity contribution in [3.63, 3.8) is 0 Å². The molecule has 2 heterocycles. The third kappa shape index (κ3) is 9.32. The van der Waals surface area contributed by atoms with Crippen LogP contribution in [0.1, 0.15) is 35.4 Å². The molecule has 0 aliphatic carbocycles. The number of methoxy groups -OCH3 is 1. The van der Waals surface area contributed by atoms with Gasteiger partial charge in [-0.15, -0.1) is 0 Å². The second-order valence-corrected chi connectivity index (χ2v) is 10.7. The van der Waals surface area contributed by atoms with E-state index in [0.29, 0.717) is 39.0 Å². The maximum absolute atomic E-state index is 6.36. The third-order valence-electron chi connectivity index (χ3n) is 7.73. The Bertz CT molecular complexity index is 1350. The summed E-state index contributed by atoms with van der Waals surface area (Å²) >= 11 is 0. The first-order chi connectivity index (χ1) is 21.3. The van der Waals surface area contributed by atoms with Gasteiger partial charge in [0.15, 0.2) is 0 Å². The molecule has 228 valence electrons. The Morgan fingerprint density at radius 1 is 0.860 bits per heavy atom. The number of piperidine rings is 1. The number of aryl methyl sites for hydroxylation is 2. The topological polar surface area (TPSA) is 76.0 Å². The fourth-order valence-corrected chi connectivity index (χ4v) is 5.42. The Morgan fingerprint density at radius 2 is 1.67 bits per heavy atom. The van der Waals surface area contributed by atoms with Gasteiger partial charge in [0.05, 0.1) is 46.0 Å². The van der Waals surface area contributed by atoms with Crippen LogP contribution >= 0.6 is 0 Å². The summed E-state index contributed by atoms with van der Waals surface area (Å²) in [4.78, 5) is 4.12. The Kier molecular flexibility index (Phi) is 11.9. The van der Waals surface area contributed by atoms with E-state index in [1.165, 1.54) is 11.1 Å². The van der Waals surface area contributed by atoms with Crippen molar-refractivity contribution in [3.8, 4) is 17.2 Å². The molecule has 8 nitrogen and oxygen atoms in total. The zero-order valence-electron chi connectivity index (χ0n) is 25.0. The van der Waals surface area contributed by atoms with E-state index in [-0.39, 0.29) is 6.10 Å². The Labute approximate surface area is 254 Å². The average Bonchev–Trinajstić information content (AvgIpc) is 3.59. The lowest BCUT2D eigenvalue weighted by Gasteiger charge is -2.32. The lowest BCUT2D eigenvalue weighted by Crippen LogP contribution is -2.41. The van der Waals surface area contributed by atoms with Crippen LogP contribution in [0.2, 0.25) is 0 Å². The van der Waals surface area contributed by atoms with Crippen LogP contribution in [0.15, 0.2) is 91.5 Å². The minimum absolute atomic E-state index is 0.0981. The fraction of sp³-hybridized carbons (Fsp3) is 0.400. The summed E-state index contributed by atoms with van der Waals surface area (Å²) in [6, 6.07) is 24.6. The van der Waals surface area contributed by atoms with Crippen LogP contribution in [0.3, 0.4) is 0 Å². The van der Waals surface area contributed by atoms with Gasteiger partial charge in [0, 0.05) is 43.4 Å². The summed E-state index contributed by atoms with van der Waals surface area (Å²) in [6.07, 6.45) is 8.47. The highest BCUT2D eigenvalue weighted by Crippen LogP contribution is 2.29. The Hall–Kier alpha value is -3.85. The highest BCUT2D eigenvalue weighted by Gasteiger charge is 2.27. The van der Waals surface area contributed by atoms with Crippen molar-refractivity contribution in [3.05, 3.63) is 108 Å². The predicted octanol–water partition coefficient (Wildman–Crippen LogP) is 5.66. The molecule has 0 spiro atoms. The van der Waals surface area contributed by atoms with E-state index in [4.69, 9.17) is 23.7 Å². The van der Waals surface area contributed by atoms with Crippen LogP contribution in [0.5, 0.6) is 17.2 Å². The van der Waals surface area contributed by atoms with E-state index in [2.05, 4.69) is 51.3 Å². The summed E-state index contributed by atoms with van der Waals surface area (Å²) in [6.45, 7) is 5.51. The van der Waals surface area contributed by atoms with Crippen molar-refractivity contribution in [1.82, 2.24) is 14.9 Å². The van der Waals surface area contributed by atoms with Gasteiger partial charge in [-0.1, -0.05) is 48.5 Å². The van der Waals surface area contributed by atoms with Crippen LogP contribution in [0.4, 0.5) is 0 Å². The van der Waals surface area contributed by atoms with Gasteiger partial charge in [0.1, 0.15) is 23.9 Å². The molecule has 43 heavy (non-hydrogen) atoms. The molecule has 0 amide bonds. The number of hydrogen-bond acceptors (Lipinski definition) is 7. The summed E-state index contributed by atoms with van der Waals surface area (Å²) in [5.41, 5.74) is 3.53. The number of imidazole rings is 1. The molecule has 4 aromatic rings. The molecule has 2 unspecified atom stereocenters. The molecule has 1 N–H and O–H groups in total. The van der Waals surface area contributed by atoms with Crippen LogP contribution in [-0.4, -0.2) is 62.3 Å². The molecule has 5 rings (SSSR count). The van der Waals surface area contributed by atoms with Gasteiger partial charge in [0.25, 0.3) is 0 Å². The zero-order valence-corrected chi connectivity index (χ0v) is 25.0. The molecule has 0 saturated carbocycles. The van der Waals surface area contributed by atoms with Gasteiger partial charge in [0.2, 0.25) is 0 Å². The highest BCUT2D eigenvalue weighted by atomic mass is 16.5. The van der Waals surface area contributed by atoms with Gasteiger partial charge in [-0.3, -0.25) is 0 Å². The predicted molar refractivity (Wildman–Crippen MR) is 167 cm³/mol. The molecule has 0 radical (unpaired) electrons. The first-order valence-corrected chi connectivity index (χ1v) is 15.2. The number of ether oxygens (including phenoxy) is 5. The van der Waals surface area contributed by atoms with Crippen LogP contribution < -0.4 is 19.5 Å². The van der Waals surface area contributed by atoms with E-state index in [0.717, 1.165) is 61.7 Å². The molecule has 0 bridgehead atoms. The lowest BCUT2D eigenvalue weighted by molar-refractivity contribution is 0.00720. The van der Waals surface area contributed by atoms with Crippen LogP contribution in [0.25, 0.3) is 0 Å². The Balaban J connectivity index is 1.02. The van der Waals surface area contributed by atoms with Gasteiger partial charge in [-0.05, 0) is 54.8 Å². The fourth-order valence-electron chi connectivity index (χ4n) is 5.42. The summed E-state index contributed by atoms with van der Waals surface area (Å²) < 4.78 is 31.8. The molecule has 3 aromatic carbocycles. The number of benzene rings is 3. The maximum Gasteiger partial charge on any atom is 0.124 e. The van der Waals surface area contributed by atoms with Crippen molar-refractivity contribution < 1.29 is 23.7 Å². The SMILES string of the molecule is COc1ccccc1COCCCOc1ccc(C2CCNCC2OCCOc2ccccc2CCn2ccnc2)cc1.